The average molecular weight is 530 g/mol. The molecule has 1 aliphatic heterocycles. The van der Waals surface area contributed by atoms with Gasteiger partial charge in [-0.05, 0) is 99.5 Å². The van der Waals surface area contributed by atoms with Crippen molar-refractivity contribution in [2.75, 3.05) is 4.90 Å². The van der Waals surface area contributed by atoms with Crippen molar-refractivity contribution in [3.05, 3.63) is 133 Å². The van der Waals surface area contributed by atoms with Gasteiger partial charge in [-0.15, -0.1) is 0 Å². The summed E-state index contributed by atoms with van der Waals surface area (Å²) in [6.07, 6.45) is 5.04. The topological polar surface area (TPSA) is 3.24 Å². The highest BCUT2D eigenvalue weighted by Crippen LogP contribution is 2.61. The minimum atomic E-state index is 0.0762. The monoisotopic (exact) mass is 529 g/mol. The lowest BCUT2D eigenvalue weighted by atomic mass is 9.61. The van der Waals surface area contributed by atoms with Gasteiger partial charge in [0.1, 0.15) is 0 Å². The van der Waals surface area contributed by atoms with Crippen molar-refractivity contribution in [2.45, 2.75) is 50.5 Å². The van der Waals surface area contributed by atoms with E-state index in [1.807, 2.05) is 0 Å². The Labute approximate surface area is 243 Å². The Bertz CT molecular complexity index is 1870. The van der Waals surface area contributed by atoms with Crippen molar-refractivity contribution in [3.8, 4) is 22.3 Å². The lowest BCUT2D eigenvalue weighted by Crippen LogP contribution is -2.54. The van der Waals surface area contributed by atoms with Crippen LogP contribution in [0.3, 0.4) is 0 Å². The van der Waals surface area contributed by atoms with Crippen LogP contribution < -0.4 is 4.90 Å². The third kappa shape index (κ3) is 3.55. The third-order valence-corrected chi connectivity index (χ3v) is 10.4. The summed E-state index contributed by atoms with van der Waals surface area (Å²) in [5.74, 6) is 0. The smallest absolute Gasteiger partial charge is 0.0517 e. The predicted molar refractivity (Wildman–Crippen MR) is 175 cm³/mol. The molecule has 0 aromatic heterocycles. The molecule has 6 aromatic carbocycles. The summed E-state index contributed by atoms with van der Waals surface area (Å²) >= 11 is 0. The van der Waals surface area contributed by atoms with E-state index in [1.54, 1.807) is 0 Å². The summed E-state index contributed by atoms with van der Waals surface area (Å²) in [5.41, 5.74) is 9.56. The molecule has 41 heavy (non-hydrogen) atoms. The van der Waals surface area contributed by atoms with E-state index in [0.717, 1.165) is 0 Å². The number of benzene rings is 6. The number of rotatable bonds is 3. The Morgan fingerprint density at radius 3 is 1.83 bits per heavy atom. The van der Waals surface area contributed by atoms with E-state index in [1.165, 1.54) is 86.4 Å². The van der Waals surface area contributed by atoms with E-state index >= 15 is 0 Å². The largest absolute Gasteiger partial charge is 0.334 e. The molecule has 1 nitrogen and oxygen atoms in total. The Balaban J connectivity index is 1.24. The van der Waals surface area contributed by atoms with Gasteiger partial charge < -0.3 is 4.90 Å². The zero-order valence-corrected chi connectivity index (χ0v) is 23.9. The molecule has 1 saturated carbocycles. The lowest BCUT2D eigenvalue weighted by Gasteiger charge is -2.50. The van der Waals surface area contributed by atoms with Gasteiger partial charge in [0.2, 0.25) is 0 Å². The number of hydrogen-bond acceptors (Lipinski definition) is 1. The second-order valence-electron chi connectivity index (χ2n) is 12.5. The van der Waals surface area contributed by atoms with Gasteiger partial charge in [-0.2, -0.15) is 0 Å². The minimum absolute atomic E-state index is 0.0762. The molecular weight excluding hydrogens is 494 g/mol. The van der Waals surface area contributed by atoms with Crippen LogP contribution in [0.25, 0.3) is 43.8 Å². The van der Waals surface area contributed by atoms with E-state index in [2.05, 4.69) is 146 Å². The van der Waals surface area contributed by atoms with Gasteiger partial charge in [0.15, 0.2) is 0 Å². The highest BCUT2D eigenvalue weighted by atomic mass is 15.2. The molecule has 0 radical (unpaired) electrons. The van der Waals surface area contributed by atoms with Crippen LogP contribution in [0.15, 0.2) is 127 Å². The maximum atomic E-state index is 2.65. The highest BCUT2D eigenvalue weighted by Gasteiger charge is 2.57. The molecule has 2 atom stereocenters. The first kappa shape index (κ1) is 24.4. The van der Waals surface area contributed by atoms with E-state index < -0.39 is 0 Å². The summed E-state index contributed by atoms with van der Waals surface area (Å²) in [6, 6.07) is 47.4. The Morgan fingerprint density at radius 1 is 0.537 bits per heavy atom. The average Bonchev–Trinajstić information content (AvgIpc) is 3.23. The fourth-order valence-corrected chi connectivity index (χ4v) is 8.05. The molecule has 1 heterocycles. The van der Waals surface area contributed by atoms with Crippen LogP contribution in [-0.4, -0.2) is 5.54 Å². The molecule has 0 bridgehead atoms. The molecule has 2 unspecified atom stereocenters. The number of fused-ring (bicyclic) bond motifs is 5. The quantitative estimate of drug-likeness (QED) is 0.206. The van der Waals surface area contributed by atoms with Crippen molar-refractivity contribution in [1.82, 2.24) is 0 Å². The van der Waals surface area contributed by atoms with Gasteiger partial charge in [-0.1, -0.05) is 117 Å². The zero-order chi connectivity index (χ0) is 27.6. The van der Waals surface area contributed by atoms with Gasteiger partial charge in [0.25, 0.3) is 0 Å². The van der Waals surface area contributed by atoms with E-state index in [4.69, 9.17) is 0 Å². The molecule has 0 N–H and O–H groups in total. The molecular formula is C40H35N. The van der Waals surface area contributed by atoms with Crippen LogP contribution in [0.4, 0.5) is 11.4 Å². The molecule has 0 saturated heterocycles. The van der Waals surface area contributed by atoms with Crippen molar-refractivity contribution in [1.29, 1.82) is 0 Å². The lowest BCUT2D eigenvalue weighted by molar-refractivity contribution is 0.195. The molecule has 8 rings (SSSR count). The Hall–Kier alpha value is -4.36. The number of nitrogens with zero attached hydrogens (tertiary/aromatic N) is 1. The normalized spacial score (nSPS) is 21.7. The summed E-state index contributed by atoms with van der Waals surface area (Å²) in [5, 5.41) is 5.19. The first-order valence-electron chi connectivity index (χ1n) is 15.1. The van der Waals surface area contributed by atoms with Crippen LogP contribution in [0.1, 0.15) is 45.1 Å². The van der Waals surface area contributed by atoms with Crippen LogP contribution >= 0.6 is 0 Å². The maximum absolute atomic E-state index is 2.65. The minimum Gasteiger partial charge on any atom is -0.334 e. The van der Waals surface area contributed by atoms with E-state index in [0.29, 0.717) is 0 Å². The standard InChI is InChI=1S/C40H35N/c1-39-24-10-11-25-40(39,2)41(33-14-4-3-5-15-33)37-23-22-30(27-36(37)39)28-18-20-29(21-19-28)38-34-16-8-6-12-31(34)26-32-13-7-9-17-35(32)38/h3-9,12-23,26-27H,10-11,24-25H2,1-2H3. The van der Waals surface area contributed by atoms with Crippen LogP contribution in [0.5, 0.6) is 0 Å². The fraction of sp³-hybridized carbons (Fsp3) is 0.200. The highest BCUT2D eigenvalue weighted by molar-refractivity contribution is 6.12. The van der Waals surface area contributed by atoms with Crippen molar-refractivity contribution >= 4 is 32.9 Å². The van der Waals surface area contributed by atoms with Crippen molar-refractivity contribution in [2.24, 2.45) is 0 Å². The summed E-state index contributed by atoms with van der Waals surface area (Å²) in [7, 11) is 0. The fourth-order valence-electron chi connectivity index (χ4n) is 8.05. The number of anilines is 2. The maximum Gasteiger partial charge on any atom is 0.0517 e. The van der Waals surface area contributed by atoms with E-state index in [9.17, 15) is 0 Å². The van der Waals surface area contributed by atoms with Crippen LogP contribution in [0.2, 0.25) is 0 Å². The van der Waals surface area contributed by atoms with Gasteiger partial charge in [0, 0.05) is 16.8 Å². The van der Waals surface area contributed by atoms with Crippen LogP contribution in [0, 0.1) is 0 Å². The second kappa shape index (κ2) is 9.08. The van der Waals surface area contributed by atoms with E-state index in [-0.39, 0.29) is 11.0 Å². The first-order valence-corrected chi connectivity index (χ1v) is 15.1. The molecule has 1 aliphatic carbocycles. The molecule has 1 heteroatoms. The first-order chi connectivity index (χ1) is 20.1. The molecule has 6 aromatic rings. The van der Waals surface area contributed by atoms with Gasteiger partial charge in [0.05, 0.1) is 5.54 Å². The van der Waals surface area contributed by atoms with Gasteiger partial charge in [-0.25, -0.2) is 0 Å². The summed E-state index contributed by atoms with van der Waals surface area (Å²) in [6.45, 7) is 5.02. The number of para-hydroxylation sites is 1. The Kier molecular flexibility index (Phi) is 5.41. The molecule has 0 spiro atoms. The molecule has 1 fully saturated rings. The van der Waals surface area contributed by atoms with Crippen molar-refractivity contribution < 1.29 is 0 Å². The predicted octanol–water partition coefficient (Wildman–Crippen LogP) is 11.1. The molecule has 2 aliphatic rings. The second-order valence-corrected chi connectivity index (χ2v) is 12.5. The van der Waals surface area contributed by atoms with Gasteiger partial charge >= 0.3 is 0 Å². The molecule has 200 valence electrons. The zero-order valence-electron chi connectivity index (χ0n) is 23.9. The van der Waals surface area contributed by atoms with Crippen molar-refractivity contribution in [3.63, 3.8) is 0 Å². The van der Waals surface area contributed by atoms with Gasteiger partial charge in [-0.3, -0.25) is 0 Å². The SMILES string of the molecule is CC12CCCCC1(C)N(c1ccccc1)c1ccc(-c3ccc(-c4c5ccccc5cc5ccccc45)cc3)cc12. The third-order valence-electron chi connectivity index (χ3n) is 10.4. The summed E-state index contributed by atoms with van der Waals surface area (Å²) < 4.78 is 0. The summed E-state index contributed by atoms with van der Waals surface area (Å²) in [4.78, 5) is 2.65. The Morgan fingerprint density at radius 2 is 1.12 bits per heavy atom. The molecule has 0 amide bonds. The van der Waals surface area contributed by atoms with Crippen LogP contribution in [-0.2, 0) is 5.41 Å². The number of hydrogen-bond donors (Lipinski definition) is 0.